The van der Waals surface area contributed by atoms with Crippen molar-refractivity contribution in [3.63, 3.8) is 0 Å². The molecule has 0 saturated carbocycles. The van der Waals surface area contributed by atoms with E-state index in [9.17, 15) is 0 Å². The van der Waals surface area contributed by atoms with Crippen LogP contribution in [0.2, 0.25) is 0 Å². The van der Waals surface area contributed by atoms with E-state index < -0.39 is 0 Å². The van der Waals surface area contributed by atoms with Gasteiger partial charge >= 0.3 is 69.6 Å². The Hall–Kier alpha value is 0.414. The van der Waals surface area contributed by atoms with Crippen molar-refractivity contribution in [3.8, 4) is 0 Å². The zero-order valence-electron chi connectivity index (χ0n) is 6.62. The summed E-state index contributed by atoms with van der Waals surface area (Å²) in [5.74, 6) is 0. The first-order valence-corrected chi connectivity index (χ1v) is 4.14. The van der Waals surface area contributed by atoms with Crippen LogP contribution in [0.3, 0.4) is 0 Å². The molecule has 1 aliphatic rings. The molecule has 1 aromatic carbocycles. The average Bonchev–Trinajstić information content (AvgIpc) is 2.34. The molecule has 1 unspecified atom stereocenters. The Morgan fingerprint density at radius 1 is 1.00 bits per heavy atom. The first-order chi connectivity index (χ1) is 4.88. The normalized spacial score (nSPS) is 16.3. The minimum absolute atomic E-state index is 0. The Morgan fingerprint density at radius 3 is 2.23 bits per heavy atom. The third-order valence-electron chi connectivity index (χ3n) is 1.77. The second-order valence-corrected chi connectivity index (χ2v) is 3.30. The van der Waals surface area contributed by atoms with Crippen molar-refractivity contribution in [1.82, 2.24) is 0 Å². The third kappa shape index (κ3) is 3.23. The number of hydrogen-bond acceptors (Lipinski definition) is 0. The van der Waals surface area contributed by atoms with Crippen LogP contribution in [0.25, 0.3) is 6.08 Å². The van der Waals surface area contributed by atoms with E-state index in [0.29, 0.717) is 4.63 Å². The molecule has 1 aromatic rings. The third-order valence-corrected chi connectivity index (χ3v) is 2.48. The summed E-state index contributed by atoms with van der Waals surface area (Å²) in [7, 11) is 0. The minimum atomic E-state index is 0. The molecule has 0 fully saturated rings. The van der Waals surface area contributed by atoms with Crippen molar-refractivity contribution < 1.29 is 54.6 Å². The molecule has 0 N–H and O–H groups in total. The van der Waals surface area contributed by atoms with Gasteiger partial charge in [-0.2, -0.15) is 0 Å². The van der Waals surface area contributed by atoms with E-state index in [1.807, 2.05) is 0 Å². The topological polar surface area (TPSA) is 0 Å². The molecule has 2 rings (SSSR count). The molecule has 0 amide bonds. The van der Waals surface area contributed by atoms with Crippen LogP contribution in [-0.2, 0) is 17.4 Å². The predicted octanol–water partition coefficient (Wildman–Crippen LogP) is -6.69. The molecular weight excluding hydrogens is 265 g/mol. The van der Waals surface area contributed by atoms with E-state index >= 15 is 0 Å². The van der Waals surface area contributed by atoms with Gasteiger partial charge in [-0.1, -0.05) is 0 Å². The molecule has 0 heterocycles. The van der Waals surface area contributed by atoms with E-state index in [-0.39, 0.29) is 37.2 Å². The Bertz CT molecular complexity index is 286. The van der Waals surface area contributed by atoms with E-state index in [1.54, 1.807) is 0 Å². The monoisotopic (exact) mass is 271 g/mol. The molecule has 1 aliphatic carbocycles. The van der Waals surface area contributed by atoms with Crippen molar-refractivity contribution in [2.45, 2.75) is 4.63 Å². The molecule has 0 saturated heterocycles. The van der Waals surface area contributed by atoms with Crippen molar-refractivity contribution in [2.75, 3.05) is 0 Å². The Morgan fingerprint density at radius 2 is 1.62 bits per heavy atom. The number of hydrogen-bond donors (Lipinski definition) is 0. The summed E-state index contributed by atoms with van der Waals surface area (Å²) in [6, 6.07) is 8.50. The molecule has 0 aromatic heterocycles. The summed E-state index contributed by atoms with van der Waals surface area (Å²) in [5, 5.41) is 0. The predicted molar refractivity (Wildman–Crippen MR) is 38.2 cm³/mol. The molecule has 13 heavy (non-hydrogen) atoms. The SMILES string of the molecule is [Cl-].[Cl-].[Cl-].[V+3][CH]1C=Cc2ccccc21. The van der Waals surface area contributed by atoms with Gasteiger partial charge in [0, 0.05) is 0 Å². The number of allylic oxidation sites excluding steroid dienone is 1. The van der Waals surface area contributed by atoms with Crippen LogP contribution in [0.15, 0.2) is 30.3 Å². The summed E-state index contributed by atoms with van der Waals surface area (Å²) in [4.78, 5) is 0. The van der Waals surface area contributed by atoms with Gasteiger partial charge in [0.15, 0.2) is 0 Å². The van der Waals surface area contributed by atoms with Crippen LogP contribution in [0.5, 0.6) is 0 Å². The van der Waals surface area contributed by atoms with Gasteiger partial charge in [0.2, 0.25) is 0 Å². The fourth-order valence-electron chi connectivity index (χ4n) is 1.23. The van der Waals surface area contributed by atoms with Crippen molar-refractivity contribution in [2.24, 2.45) is 0 Å². The fraction of sp³-hybridized carbons (Fsp3) is 0.111. The van der Waals surface area contributed by atoms with Crippen molar-refractivity contribution in [3.05, 3.63) is 41.5 Å². The molecule has 0 spiro atoms. The van der Waals surface area contributed by atoms with Gasteiger partial charge in [0.05, 0.1) is 0 Å². The van der Waals surface area contributed by atoms with Crippen LogP contribution >= 0.6 is 0 Å². The van der Waals surface area contributed by atoms with Crippen LogP contribution < -0.4 is 37.2 Å². The van der Waals surface area contributed by atoms with Gasteiger partial charge in [-0.3, -0.25) is 0 Å². The molecule has 0 nitrogen and oxygen atoms in total. The Labute approximate surface area is 106 Å². The second-order valence-electron chi connectivity index (χ2n) is 2.43. The Kier molecular flexibility index (Phi) is 8.31. The maximum atomic E-state index is 2.67. The quantitative estimate of drug-likeness (QED) is 0.441. The standard InChI is InChI=1S/C9H7.3ClH.V/c1-2-5-9-7-3-6-8(9)4-1;;;;/h1-7H;3*1H;/q;;;;+3/p-3. The summed E-state index contributed by atoms with van der Waals surface area (Å²) < 4.78 is 0.559. The van der Waals surface area contributed by atoms with Gasteiger partial charge in [-0.25, -0.2) is 0 Å². The van der Waals surface area contributed by atoms with Crippen LogP contribution in [0.1, 0.15) is 15.8 Å². The van der Waals surface area contributed by atoms with Gasteiger partial charge in [-0.15, -0.1) is 0 Å². The summed E-state index contributed by atoms with van der Waals surface area (Å²) in [5.41, 5.74) is 2.80. The molecule has 1 atom stereocenters. The summed E-state index contributed by atoms with van der Waals surface area (Å²) in [6.45, 7) is 0. The van der Waals surface area contributed by atoms with Gasteiger partial charge < -0.3 is 37.2 Å². The second kappa shape index (κ2) is 6.81. The number of benzene rings is 1. The maximum absolute atomic E-state index is 2.67. The van der Waals surface area contributed by atoms with Crippen LogP contribution in [0, 0.1) is 0 Å². The Balaban J connectivity index is 0. The number of halogens is 3. The molecule has 0 bridgehead atoms. The first kappa shape index (κ1) is 15.9. The zero-order chi connectivity index (χ0) is 6.97. The zero-order valence-corrected chi connectivity index (χ0v) is 10.3. The van der Waals surface area contributed by atoms with Gasteiger partial charge in [-0.05, 0) is 0 Å². The molecule has 0 aliphatic heterocycles. The van der Waals surface area contributed by atoms with Crippen molar-refractivity contribution >= 4 is 6.08 Å². The first-order valence-electron chi connectivity index (χ1n) is 3.33. The fourth-order valence-corrected chi connectivity index (χ4v) is 1.73. The van der Waals surface area contributed by atoms with Crippen LogP contribution in [0.4, 0.5) is 0 Å². The van der Waals surface area contributed by atoms with E-state index in [4.69, 9.17) is 0 Å². The summed E-state index contributed by atoms with van der Waals surface area (Å²) >= 11 is 2.67. The molecule has 4 heteroatoms. The molecule has 69 valence electrons. The number of fused-ring (bicyclic) bond motifs is 1. The van der Waals surface area contributed by atoms with Gasteiger partial charge in [0.1, 0.15) is 0 Å². The van der Waals surface area contributed by atoms with Crippen LogP contribution in [-0.4, -0.2) is 0 Å². The molecular formula is C9H7Cl3V. The molecule has 0 radical (unpaired) electrons. The van der Waals surface area contributed by atoms with Crippen molar-refractivity contribution in [1.29, 1.82) is 0 Å². The van der Waals surface area contributed by atoms with Gasteiger partial charge in [0.25, 0.3) is 0 Å². The number of rotatable bonds is 0. The average molecular weight is 272 g/mol. The summed E-state index contributed by atoms with van der Waals surface area (Å²) in [6.07, 6.45) is 4.39. The van der Waals surface area contributed by atoms with E-state index in [0.717, 1.165) is 0 Å². The van der Waals surface area contributed by atoms with E-state index in [1.165, 1.54) is 11.1 Å². The van der Waals surface area contributed by atoms with E-state index in [2.05, 4.69) is 53.8 Å².